The highest BCUT2D eigenvalue weighted by atomic mass is 16.5. The van der Waals surface area contributed by atoms with Gasteiger partial charge >= 0.3 is 5.97 Å². The van der Waals surface area contributed by atoms with E-state index in [1.165, 1.54) is 0 Å². The molecule has 0 spiro atoms. The van der Waals surface area contributed by atoms with Crippen LogP contribution in [-0.2, 0) is 28.8 Å². The third-order valence-corrected chi connectivity index (χ3v) is 4.18. The van der Waals surface area contributed by atoms with Crippen molar-refractivity contribution in [3.63, 3.8) is 0 Å². The lowest BCUT2D eigenvalue weighted by molar-refractivity contribution is -0.122. The molecule has 24 heavy (non-hydrogen) atoms. The Balaban J connectivity index is 1.49. The first-order valence-electron chi connectivity index (χ1n) is 8.30. The van der Waals surface area contributed by atoms with E-state index >= 15 is 0 Å². The second-order valence-electron chi connectivity index (χ2n) is 6.01. The van der Waals surface area contributed by atoms with Crippen molar-refractivity contribution in [2.45, 2.75) is 38.5 Å². The SMILES string of the molecule is O=C(CCc1ccccc1)COC(=O)c1cc2c(nn1)CCCC2. The Morgan fingerprint density at radius 1 is 1.04 bits per heavy atom. The normalized spacial score (nSPS) is 13.2. The number of benzene rings is 1. The van der Waals surface area contributed by atoms with E-state index in [0.717, 1.165) is 42.5 Å². The van der Waals surface area contributed by atoms with E-state index in [4.69, 9.17) is 4.74 Å². The van der Waals surface area contributed by atoms with Gasteiger partial charge in [0.15, 0.2) is 11.5 Å². The molecule has 0 aliphatic heterocycles. The van der Waals surface area contributed by atoms with Crippen LogP contribution in [0, 0.1) is 0 Å². The molecular weight excluding hydrogens is 304 g/mol. The average molecular weight is 324 g/mol. The molecule has 0 atom stereocenters. The summed E-state index contributed by atoms with van der Waals surface area (Å²) in [5, 5.41) is 8.04. The predicted molar refractivity (Wildman–Crippen MR) is 88.7 cm³/mol. The number of aryl methyl sites for hydroxylation is 3. The van der Waals surface area contributed by atoms with Crippen molar-refractivity contribution in [3.05, 3.63) is 58.9 Å². The summed E-state index contributed by atoms with van der Waals surface area (Å²) in [6, 6.07) is 11.5. The van der Waals surface area contributed by atoms with E-state index in [2.05, 4.69) is 10.2 Å². The fourth-order valence-corrected chi connectivity index (χ4v) is 2.81. The van der Waals surface area contributed by atoms with Crippen LogP contribution >= 0.6 is 0 Å². The Morgan fingerprint density at radius 2 is 1.83 bits per heavy atom. The highest BCUT2D eigenvalue weighted by molar-refractivity contribution is 5.90. The minimum Gasteiger partial charge on any atom is -0.453 e. The molecule has 5 nitrogen and oxygen atoms in total. The van der Waals surface area contributed by atoms with Gasteiger partial charge in [-0.25, -0.2) is 4.79 Å². The lowest BCUT2D eigenvalue weighted by Gasteiger charge is -2.13. The summed E-state index contributed by atoms with van der Waals surface area (Å²) in [4.78, 5) is 23.9. The van der Waals surface area contributed by atoms with Gasteiger partial charge in [0.25, 0.3) is 0 Å². The number of carbonyl (C=O) groups is 2. The number of esters is 1. The highest BCUT2D eigenvalue weighted by Gasteiger charge is 2.17. The third kappa shape index (κ3) is 4.25. The van der Waals surface area contributed by atoms with Crippen LogP contribution in [0.2, 0.25) is 0 Å². The number of hydrogen-bond acceptors (Lipinski definition) is 5. The maximum absolute atomic E-state index is 12.0. The predicted octanol–water partition coefficient (Wildman–Crippen LogP) is 2.71. The van der Waals surface area contributed by atoms with Crippen molar-refractivity contribution in [2.75, 3.05) is 6.61 Å². The molecule has 2 aromatic rings. The number of rotatable bonds is 6. The van der Waals surface area contributed by atoms with Crippen molar-refractivity contribution in [1.29, 1.82) is 0 Å². The monoisotopic (exact) mass is 324 g/mol. The Hall–Kier alpha value is -2.56. The number of ether oxygens (including phenoxy) is 1. The van der Waals surface area contributed by atoms with Crippen LogP contribution in [0.3, 0.4) is 0 Å². The Morgan fingerprint density at radius 3 is 2.67 bits per heavy atom. The molecule has 1 aromatic heterocycles. The van der Waals surface area contributed by atoms with Gasteiger partial charge in [0.05, 0.1) is 5.69 Å². The topological polar surface area (TPSA) is 69.2 Å². The molecule has 1 aromatic carbocycles. The Kier molecular flexibility index (Phi) is 5.31. The molecule has 0 radical (unpaired) electrons. The van der Waals surface area contributed by atoms with Gasteiger partial charge in [-0.2, -0.15) is 5.10 Å². The van der Waals surface area contributed by atoms with Gasteiger partial charge in [0, 0.05) is 6.42 Å². The molecule has 0 fully saturated rings. The van der Waals surface area contributed by atoms with Gasteiger partial charge in [0.1, 0.15) is 6.61 Å². The van der Waals surface area contributed by atoms with Crippen LogP contribution < -0.4 is 0 Å². The van der Waals surface area contributed by atoms with Crippen molar-refractivity contribution < 1.29 is 14.3 Å². The smallest absolute Gasteiger partial charge is 0.359 e. The summed E-state index contributed by atoms with van der Waals surface area (Å²) in [6.07, 6.45) is 5.05. The highest BCUT2D eigenvalue weighted by Crippen LogP contribution is 2.19. The molecule has 0 N–H and O–H groups in total. The van der Waals surface area contributed by atoms with Crippen LogP contribution in [0.1, 0.15) is 46.6 Å². The second-order valence-corrected chi connectivity index (χ2v) is 6.01. The first-order valence-corrected chi connectivity index (χ1v) is 8.30. The van der Waals surface area contributed by atoms with Crippen LogP contribution in [0.15, 0.2) is 36.4 Å². The van der Waals surface area contributed by atoms with Crippen LogP contribution in [0.25, 0.3) is 0 Å². The van der Waals surface area contributed by atoms with Crippen molar-refractivity contribution in [1.82, 2.24) is 10.2 Å². The van der Waals surface area contributed by atoms with E-state index in [9.17, 15) is 9.59 Å². The zero-order valence-electron chi connectivity index (χ0n) is 13.5. The number of carbonyl (C=O) groups excluding carboxylic acids is 2. The number of aromatic nitrogens is 2. The molecular formula is C19H20N2O3. The number of Topliss-reactive ketones (excluding diaryl/α,β-unsaturated/α-hetero) is 1. The molecule has 0 bridgehead atoms. The lowest BCUT2D eigenvalue weighted by atomic mass is 9.96. The number of hydrogen-bond donors (Lipinski definition) is 0. The summed E-state index contributed by atoms with van der Waals surface area (Å²) < 4.78 is 5.08. The van der Waals surface area contributed by atoms with Crippen molar-refractivity contribution in [2.24, 2.45) is 0 Å². The minimum atomic E-state index is -0.580. The minimum absolute atomic E-state index is 0.0990. The zero-order valence-corrected chi connectivity index (χ0v) is 13.5. The molecule has 1 aliphatic rings. The average Bonchev–Trinajstić information content (AvgIpc) is 2.65. The van der Waals surface area contributed by atoms with Gasteiger partial charge in [-0.15, -0.1) is 5.10 Å². The molecule has 5 heteroatoms. The van der Waals surface area contributed by atoms with E-state index in [1.807, 2.05) is 30.3 Å². The maximum Gasteiger partial charge on any atom is 0.359 e. The number of fused-ring (bicyclic) bond motifs is 1. The van der Waals surface area contributed by atoms with Crippen LogP contribution in [0.5, 0.6) is 0 Å². The van der Waals surface area contributed by atoms with Crippen molar-refractivity contribution in [3.8, 4) is 0 Å². The second kappa shape index (κ2) is 7.81. The number of nitrogens with zero attached hydrogens (tertiary/aromatic N) is 2. The molecule has 0 saturated heterocycles. The molecule has 1 heterocycles. The Bertz CT molecular complexity index is 729. The number of ketones is 1. The largest absolute Gasteiger partial charge is 0.453 e. The van der Waals surface area contributed by atoms with Crippen molar-refractivity contribution >= 4 is 11.8 Å². The van der Waals surface area contributed by atoms with Gasteiger partial charge in [-0.05, 0) is 49.3 Å². The van der Waals surface area contributed by atoms with Gasteiger partial charge in [-0.1, -0.05) is 30.3 Å². The summed E-state index contributed by atoms with van der Waals surface area (Å²) in [5.74, 6) is -0.679. The van der Waals surface area contributed by atoms with E-state index in [-0.39, 0.29) is 18.1 Å². The zero-order chi connectivity index (χ0) is 16.8. The quantitative estimate of drug-likeness (QED) is 0.764. The van der Waals surface area contributed by atoms with E-state index in [0.29, 0.717) is 12.8 Å². The fraction of sp³-hybridized carbons (Fsp3) is 0.368. The molecule has 124 valence electrons. The molecule has 3 rings (SSSR count). The van der Waals surface area contributed by atoms with E-state index in [1.54, 1.807) is 6.07 Å². The molecule has 1 aliphatic carbocycles. The van der Waals surface area contributed by atoms with Gasteiger partial charge in [0.2, 0.25) is 0 Å². The third-order valence-electron chi connectivity index (χ3n) is 4.18. The summed E-state index contributed by atoms with van der Waals surface area (Å²) in [5.41, 5.74) is 3.32. The lowest BCUT2D eigenvalue weighted by Crippen LogP contribution is -2.17. The summed E-state index contributed by atoms with van der Waals surface area (Å²) >= 11 is 0. The first-order chi connectivity index (χ1) is 11.7. The van der Waals surface area contributed by atoms with Gasteiger partial charge in [-0.3, -0.25) is 4.79 Å². The molecule has 0 saturated carbocycles. The van der Waals surface area contributed by atoms with Gasteiger partial charge < -0.3 is 4.74 Å². The van der Waals surface area contributed by atoms with Crippen LogP contribution in [0.4, 0.5) is 0 Å². The molecule has 0 unspecified atom stereocenters. The van der Waals surface area contributed by atoms with Crippen LogP contribution in [-0.4, -0.2) is 28.6 Å². The summed E-state index contributed by atoms with van der Waals surface area (Å²) in [6.45, 7) is -0.218. The maximum atomic E-state index is 12.0. The summed E-state index contributed by atoms with van der Waals surface area (Å²) in [7, 11) is 0. The Labute approximate surface area is 141 Å². The fourth-order valence-electron chi connectivity index (χ4n) is 2.81. The van der Waals surface area contributed by atoms with E-state index < -0.39 is 5.97 Å². The molecule has 0 amide bonds. The standard InChI is InChI=1S/C19H20N2O3/c22-16(11-10-14-6-2-1-3-7-14)13-24-19(23)18-12-15-8-4-5-9-17(15)20-21-18/h1-3,6-7,12H,4-5,8-11,13H2. The first kappa shape index (κ1) is 16.3.